The van der Waals surface area contributed by atoms with Crippen molar-refractivity contribution >= 4 is 0 Å². The highest BCUT2D eigenvalue weighted by molar-refractivity contribution is 5.46. The third-order valence-corrected chi connectivity index (χ3v) is 4.93. The molecule has 0 aliphatic carbocycles. The summed E-state index contributed by atoms with van der Waals surface area (Å²) < 4.78 is 29.3. The van der Waals surface area contributed by atoms with Crippen LogP contribution in [0.3, 0.4) is 0 Å². The number of aryl methyl sites for hydroxylation is 1. The topological polar surface area (TPSA) is 4.93 Å². The standard InChI is InChI=1S/C21H29F2N/c1-6-12-20(4,13-7-2)19-9-8-14-24(19)18-11-10-17(15-16(18)3)21(5,22)23/h8-11,14-15H,6-7,12-13H2,1-5H3. The van der Waals surface area contributed by atoms with E-state index >= 15 is 0 Å². The van der Waals surface area contributed by atoms with E-state index in [1.165, 1.54) is 5.69 Å². The van der Waals surface area contributed by atoms with E-state index in [1.807, 2.05) is 19.2 Å². The van der Waals surface area contributed by atoms with Crippen molar-refractivity contribution in [3.8, 4) is 5.69 Å². The Kier molecular flexibility index (Phi) is 5.52. The molecule has 0 bridgehead atoms. The van der Waals surface area contributed by atoms with Gasteiger partial charge in [0.15, 0.2) is 0 Å². The minimum atomic E-state index is -2.80. The molecule has 0 aliphatic heterocycles. The van der Waals surface area contributed by atoms with Gasteiger partial charge in [-0.2, -0.15) is 0 Å². The number of aromatic nitrogens is 1. The SMILES string of the molecule is CCCC(C)(CCC)c1cccn1-c1ccc(C(C)(F)F)cc1C. The van der Waals surface area contributed by atoms with Gasteiger partial charge in [-0.3, -0.25) is 0 Å². The van der Waals surface area contributed by atoms with Crippen LogP contribution in [0.5, 0.6) is 0 Å². The van der Waals surface area contributed by atoms with Gasteiger partial charge in [-0.05, 0) is 49.6 Å². The molecule has 0 fully saturated rings. The molecule has 3 heteroatoms. The number of rotatable bonds is 7. The van der Waals surface area contributed by atoms with Crippen LogP contribution in [-0.4, -0.2) is 4.57 Å². The Balaban J connectivity index is 2.50. The number of hydrogen-bond donors (Lipinski definition) is 0. The van der Waals surface area contributed by atoms with Crippen LogP contribution in [0.1, 0.15) is 70.2 Å². The Morgan fingerprint density at radius 1 is 1.00 bits per heavy atom. The van der Waals surface area contributed by atoms with Crippen LogP contribution < -0.4 is 0 Å². The highest BCUT2D eigenvalue weighted by Crippen LogP contribution is 2.37. The summed E-state index contributed by atoms with van der Waals surface area (Å²) in [5.74, 6) is -2.80. The second-order valence-corrected chi connectivity index (χ2v) is 7.21. The molecular weight excluding hydrogens is 304 g/mol. The summed E-state index contributed by atoms with van der Waals surface area (Å²) in [6.45, 7) is 9.60. The lowest BCUT2D eigenvalue weighted by molar-refractivity contribution is 0.0174. The average molecular weight is 333 g/mol. The summed E-state index contributed by atoms with van der Waals surface area (Å²) >= 11 is 0. The van der Waals surface area contributed by atoms with Gasteiger partial charge in [0.1, 0.15) is 0 Å². The van der Waals surface area contributed by atoms with Crippen molar-refractivity contribution in [1.29, 1.82) is 0 Å². The van der Waals surface area contributed by atoms with Gasteiger partial charge < -0.3 is 4.57 Å². The van der Waals surface area contributed by atoms with Crippen LogP contribution in [-0.2, 0) is 11.3 Å². The molecule has 0 aliphatic rings. The first-order chi connectivity index (χ1) is 11.2. The molecule has 0 unspecified atom stereocenters. The molecule has 2 rings (SSSR count). The number of halogens is 2. The van der Waals surface area contributed by atoms with Crippen molar-refractivity contribution in [1.82, 2.24) is 4.57 Å². The second-order valence-electron chi connectivity index (χ2n) is 7.21. The molecule has 1 nitrogen and oxygen atoms in total. The van der Waals surface area contributed by atoms with E-state index < -0.39 is 5.92 Å². The summed E-state index contributed by atoms with van der Waals surface area (Å²) in [5.41, 5.74) is 3.31. The summed E-state index contributed by atoms with van der Waals surface area (Å²) in [5, 5.41) is 0. The van der Waals surface area contributed by atoms with Crippen molar-refractivity contribution in [2.75, 3.05) is 0 Å². The third kappa shape index (κ3) is 3.71. The number of alkyl halides is 2. The highest BCUT2D eigenvalue weighted by atomic mass is 19.3. The fourth-order valence-corrected chi connectivity index (χ4v) is 3.77. The monoisotopic (exact) mass is 333 g/mol. The average Bonchev–Trinajstić information content (AvgIpc) is 2.96. The van der Waals surface area contributed by atoms with Crippen LogP contribution in [0.4, 0.5) is 8.78 Å². The van der Waals surface area contributed by atoms with E-state index in [4.69, 9.17) is 0 Å². The van der Waals surface area contributed by atoms with Gasteiger partial charge in [0.2, 0.25) is 0 Å². The van der Waals surface area contributed by atoms with Crippen molar-refractivity contribution in [2.45, 2.75) is 71.6 Å². The van der Waals surface area contributed by atoms with Gasteiger partial charge in [-0.15, -0.1) is 0 Å². The zero-order valence-electron chi connectivity index (χ0n) is 15.5. The van der Waals surface area contributed by atoms with E-state index in [0.29, 0.717) is 0 Å². The predicted octanol–water partition coefficient (Wildman–Crippen LogP) is 6.76. The maximum Gasteiger partial charge on any atom is 0.270 e. The zero-order valence-corrected chi connectivity index (χ0v) is 15.5. The molecular formula is C21H29F2N. The zero-order chi connectivity index (χ0) is 18.0. The van der Waals surface area contributed by atoms with Crippen molar-refractivity contribution < 1.29 is 8.78 Å². The number of nitrogens with zero attached hydrogens (tertiary/aromatic N) is 1. The third-order valence-electron chi connectivity index (χ3n) is 4.93. The van der Waals surface area contributed by atoms with E-state index in [0.717, 1.165) is 43.9 Å². The Morgan fingerprint density at radius 2 is 1.62 bits per heavy atom. The molecule has 0 N–H and O–H groups in total. The van der Waals surface area contributed by atoms with Crippen LogP contribution in [0, 0.1) is 6.92 Å². The Labute approximate surface area is 144 Å². The fourth-order valence-electron chi connectivity index (χ4n) is 3.77. The van der Waals surface area contributed by atoms with Gasteiger partial charge in [0, 0.05) is 35.5 Å². The molecule has 0 amide bonds. The summed E-state index contributed by atoms with van der Waals surface area (Å²) in [4.78, 5) is 0. The van der Waals surface area contributed by atoms with Crippen LogP contribution in [0.2, 0.25) is 0 Å². The van der Waals surface area contributed by atoms with E-state index in [1.54, 1.807) is 12.1 Å². The van der Waals surface area contributed by atoms with Crippen molar-refractivity contribution in [2.24, 2.45) is 0 Å². The molecule has 0 spiro atoms. The molecule has 0 radical (unpaired) electrons. The molecule has 132 valence electrons. The van der Waals surface area contributed by atoms with E-state index in [2.05, 4.69) is 37.5 Å². The highest BCUT2D eigenvalue weighted by Gasteiger charge is 2.29. The lowest BCUT2D eigenvalue weighted by Gasteiger charge is -2.31. The summed E-state index contributed by atoms with van der Waals surface area (Å²) in [6.07, 6.45) is 6.54. The van der Waals surface area contributed by atoms with Crippen LogP contribution in [0.25, 0.3) is 5.69 Å². The van der Waals surface area contributed by atoms with Crippen LogP contribution >= 0.6 is 0 Å². The van der Waals surface area contributed by atoms with Gasteiger partial charge in [0.25, 0.3) is 5.92 Å². The largest absolute Gasteiger partial charge is 0.320 e. The fraction of sp³-hybridized carbons (Fsp3) is 0.524. The van der Waals surface area contributed by atoms with Crippen molar-refractivity contribution in [3.05, 3.63) is 53.3 Å². The number of benzene rings is 1. The maximum atomic E-state index is 13.6. The van der Waals surface area contributed by atoms with Crippen molar-refractivity contribution in [3.63, 3.8) is 0 Å². The molecule has 0 saturated heterocycles. The van der Waals surface area contributed by atoms with Gasteiger partial charge in [-0.1, -0.05) is 39.7 Å². The van der Waals surface area contributed by atoms with Gasteiger partial charge in [0.05, 0.1) is 0 Å². The van der Waals surface area contributed by atoms with Crippen LogP contribution in [0.15, 0.2) is 36.5 Å². The minimum Gasteiger partial charge on any atom is -0.320 e. The lowest BCUT2D eigenvalue weighted by Crippen LogP contribution is -2.25. The Morgan fingerprint density at radius 3 is 2.12 bits per heavy atom. The molecule has 1 heterocycles. The Hall–Kier alpha value is -1.64. The maximum absolute atomic E-state index is 13.6. The summed E-state index contributed by atoms with van der Waals surface area (Å²) in [6, 6.07) is 9.21. The smallest absolute Gasteiger partial charge is 0.270 e. The molecule has 0 saturated carbocycles. The molecule has 2 aromatic rings. The quantitative estimate of drug-likeness (QED) is 0.528. The second kappa shape index (κ2) is 7.08. The molecule has 24 heavy (non-hydrogen) atoms. The molecule has 1 aromatic heterocycles. The van der Waals surface area contributed by atoms with E-state index in [-0.39, 0.29) is 11.0 Å². The lowest BCUT2D eigenvalue weighted by atomic mass is 9.78. The molecule has 0 atom stereocenters. The first-order valence-electron chi connectivity index (χ1n) is 8.90. The minimum absolute atomic E-state index is 0.0716. The van der Waals surface area contributed by atoms with Gasteiger partial charge in [-0.25, -0.2) is 8.78 Å². The first-order valence-corrected chi connectivity index (χ1v) is 8.90. The normalized spacial score (nSPS) is 12.6. The first kappa shape index (κ1) is 18.7. The van der Waals surface area contributed by atoms with Gasteiger partial charge >= 0.3 is 0 Å². The molecule has 1 aromatic carbocycles. The Bertz CT molecular complexity index is 673. The predicted molar refractivity (Wildman–Crippen MR) is 97.2 cm³/mol. The van der Waals surface area contributed by atoms with E-state index in [9.17, 15) is 8.78 Å². The summed E-state index contributed by atoms with van der Waals surface area (Å²) in [7, 11) is 0. The number of hydrogen-bond acceptors (Lipinski definition) is 0.